The molecule has 1 amide bonds. The number of ketones is 1. The molecule has 0 spiro atoms. The van der Waals surface area contributed by atoms with Crippen LogP contribution in [-0.2, 0) is 11.2 Å². The third-order valence-corrected chi connectivity index (χ3v) is 6.77. The van der Waals surface area contributed by atoms with Crippen LogP contribution in [0.4, 0.5) is 0 Å². The molecule has 0 aliphatic carbocycles. The summed E-state index contributed by atoms with van der Waals surface area (Å²) in [5, 5.41) is 11.0. The van der Waals surface area contributed by atoms with Gasteiger partial charge in [-0.25, -0.2) is 0 Å². The lowest BCUT2D eigenvalue weighted by atomic mass is 9.90. The molecule has 0 bridgehead atoms. The molecule has 2 aliphatic heterocycles. The van der Waals surface area contributed by atoms with Gasteiger partial charge in [0.2, 0.25) is 5.91 Å². The van der Waals surface area contributed by atoms with Crippen LogP contribution >= 0.6 is 23.2 Å². The van der Waals surface area contributed by atoms with Crippen molar-refractivity contribution in [1.82, 2.24) is 9.80 Å². The summed E-state index contributed by atoms with van der Waals surface area (Å²) < 4.78 is 0. The molecule has 1 N–H and O–H groups in total. The second kappa shape index (κ2) is 8.96. The fourth-order valence-corrected chi connectivity index (χ4v) is 4.75. The number of fused-ring (bicyclic) bond motifs is 1. The Hall–Kier alpha value is -2.08. The number of likely N-dealkylation sites (tertiary alicyclic amines) is 1. The van der Waals surface area contributed by atoms with E-state index in [0.717, 1.165) is 37.1 Å². The summed E-state index contributed by atoms with van der Waals surface area (Å²) in [4.78, 5) is 30.0. The minimum absolute atomic E-state index is 0.173. The normalized spacial score (nSPS) is 19.0. The smallest absolute Gasteiger partial charge is 0.230 e. The first-order chi connectivity index (χ1) is 14.4. The largest absolute Gasteiger partial charge is 0.508 e. The van der Waals surface area contributed by atoms with Gasteiger partial charge in [-0.2, -0.15) is 0 Å². The lowest BCUT2D eigenvalue weighted by Crippen LogP contribution is -2.45. The van der Waals surface area contributed by atoms with Gasteiger partial charge in [-0.05, 0) is 62.2 Å². The first-order valence-electron chi connectivity index (χ1n) is 10.2. The lowest BCUT2D eigenvalue weighted by molar-refractivity contribution is -0.133. The molecule has 30 heavy (non-hydrogen) atoms. The topological polar surface area (TPSA) is 60.9 Å². The highest BCUT2D eigenvalue weighted by atomic mass is 35.5. The number of hydrogen-bond acceptors (Lipinski definition) is 4. The maximum atomic E-state index is 13.2. The maximum absolute atomic E-state index is 13.2. The Balaban J connectivity index is 1.56. The quantitative estimate of drug-likeness (QED) is 0.542. The molecule has 0 saturated carbocycles. The van der Waals surface area contributed by atoms with Gasteiger partial charge in [0.25, 0.3) is 0 Å². The SMILES string of the molecule is O=C(CC(=O)N1CCc2c(O)cccc2C1CN1CCCC1)c1ccc(Cl)c(Cl)c1. The molecule has 2 aromatic rings. The second-order valence-corrected chi connectivity index (χ2v) is 8.75. The minimum atomic E-state index is -0.278. The van der Waals surface area contributed by atoms with Crippen molar-refractivity contribution in [3.05, 3.63) is 63.1 Å². The van der Waals surface area contributed by atoms with E-state index < -0.39 is 0 Å². The van der Waals surface area contributed by atoms with Gasteiger partial charge in [0.1, 0.15) is 5.75 Å². The van der Waals surface area contributed by atoms with Gasteiger partial charge in [-0.1, -0.05) is 35.3 Å². The van der Waals surface area contributed by atoms with E-state index in [-0.39, 0.29) is 29.9 Å². The summed E-state index contributed by atoms with van der Waals surface area (Å²) in [6.07, 6.45) is 2.67. The van der Waals surface area contributed by atoms with Gasteiger partial charge in [0.05, 0.1) is 22.5 Å². The van der Waals surface area contributed by atoms with Crippen LogP contribution in [0.1, 0.15) is 46.8 Å². The Labute approximate surface area is 186 Å². The Morgan fingerprint density at radius 2 is 1.80 bits per heavy atom. The molecule has 158 valence electrons. The molecule has 2 aliphatic rings. The van der Waals surface area contributed by atoms with Gasteiger partial charge in [0.15, 0.2) is 5.78 Å². The Morgan fingerprint density at radius 1 is 1.03 bits per heavy atom. The Kier molecular flexibility index (Phi) is 6.32. The van der Waals surface area contributed by atoms with Crippen LogP contribution in [0, 0.1) is 0 Å². The van der Waals surface area contributed by atoms with Gasteiger partial charge < -0.3 is 14.9 Å². The number of benzene rings is 2. The molecule has 5 nitrogen and oxygen atoms in total. The number of rotatable bonds is 5. The predicted octanol–water partition coefficient (Wildman–Crippen LogP) is 4.49. The molecule has 1 unspecified atom stereocenters. The molecule has 4 rings (SSSR count). The average Bonchev–Trinajstić information content (AvgIpc) is 3.23. The number of phenols is 1. The van der Waals surface area contributed by atoms with Crippen molar-refractivity contribution in [1.29, 1.82) is 0 Å². The van der Waals surface area contributed by atoms with E-state index in [1.165, 1.54) is 6.07 Å². The summed E-state index contributed by atoms with van der Waals surface area (Å²) in [7, 11) is 0. The summed E-state index contributed by atoms with van der Waals surface area (Å²) in [6.45, 7) is 3.21. The van der Waals surface area contributed by atoms with Gasteiger partial charge in [0, 0.05) is 24.2 Å². The monoisotopic (exact) mass is 446 g/mol. The number of amides is 1. The molecule has 2 aromatic carbocycles. The number of halogens is 2. The second-order valence-electron chi connectivity index (χ2n) is 7.93. The third kappa shape index (κ3) is 4.34. The van der Waals surface area contributed by atoms with Crippen molar-refractivity contribution in [2.45, 2.75) is 31.7 Å². The van der Waals surface area contributed by atoms with Gasteiger partial charge >= 0.3 is 0 Å². The lowest BCUT2D eigenvalue weighted by Gasteiger charge is -2.39. The zero-order valence-corrected chi connectivity index (χ0v) is 18.1. The third-order valence-electron chi connectivity index (χ3n) is 6.03. The molecule has 1 fully saturated rings. The summed E-state index contributed by atoms with van der Waals surface area (Å²) in [5.74, 6) is -0.206. The van der Waals surface area contributed by atoms with E-state index in [0.29, 0.717) is 35.1 Å². The van der Waals surface area contributed by atoms with Gasteiger partial charge in [-0.15, -0.1) is 0 Å². The van der Waals surface area contributed by atoms with Crippen LogP contribution in [0.25, 0.3) is 0 Å². The van der Waals surface area contributed by atoms with Gasteiger partial charge in [-0.3, -0.25) is 9.59 Å². The molecule has 0 aromatic heterocycles. The highest BCUT2D eigenvalue weighted by Crippen LogP contribution is 2.36. The van der Waals surface area contributed by atoms with Crippen LogP contribution in [0.3, 0.4) is 0 Å². The number of aromatic hydroxyl groups is 1. The zero-order valence-electron chi connectivity index (χ0n) is 16.6. The van der Waals surface area contributed by atoms with E-state index in [1.54, 1.807) is 23.1 Å². The predicted molar refractivity (Wildman–Crippen MR) is 117 cm³/mol. The van der Waals surface area contributed by atoms with E-state index in [2.05, 4.69) is 4.90 Å². The van der Waals surface area contributed by atoms with Crippen LogP contribution < -0.4 is 0 Å². The fourth-order valence-electron chi connectivity index (χ4n) is 4.45. The Bertz CT molecular complexity index is 973. The minimum Gasteiger partial charge on any atom is -0.508 e. The number of nitrogens with zero attached hydrogens (tertiary/aromatic N) is 2. The standard InChI is InChI=1S/C23H24Cl2N2O3/c24-18-7-6-15(12-19(18)25)22(29)13-23(30)27-11-8-17-16(4-3-5-21(17)28)20(27)14-26-9-1-2-10-26/h3-7,12,20,28H,1-2,8-11,13-14H2. The molecule has 1 saturated heterocycles. The van der Waals surface area contributed by atoms with Crippen molar-refractivity contribution in [2.24, 2.45) is 0 Å². The molecular formula is C23H24Cl2N2O3. The van der Waals surface area contributed by atoms with E-state index >= 15 is 0 Å². The first-order valence-corrected chi connectivity index (χ1v) is 11.0. The average molecular weight is 447 g/mol. The van der Waals surface area contributed by atoms with Crippen molar-refractivity contribution >= 4 is 34.9 Å². The fraction of sp³-hybridized carbons (Fsp3) is 0.391. The number of Topliss-reactive ketones (excluding diaryl/α,β-unsaturated/α-hetero) is 1. The summed E-state index contributed by atoms with van der Waals surface area (Å²) >= 11 is 12.0. The number of phenolic OH excluding ortho intramolecular Hbond substituents is 1. The van der Waals surface area contributed by atoms with E-state index in [1.807, 2.05) is 12.1 Å². The number of hydrogen-bond donors (Lipinski definition) is 1. The van der Waals surface area contributed by atoms with Crippen molar-refractivity contribution in [3.63, 3.8) is 0 Å². The van der Waals surface area contributed by atoms with Crippen molar-refractivity contribution < 1.29 is 14.7 Å². The highest BCUT2D eigenvalue weighted by Gasteiger charge is 2.34. The summed E-state index contributed by atoms with van der Waals surface area (Å²) in [5.41, 5.74) is 2.26. The maximum Gasteiger partial charge on any atom is 0.230 e. The van der Waals surface area contributed by atoms with Crippen LogP contribution in [0.5, 0.6) is 5.75 Å². The molecule has 0 radical (unpaired) electrons. The molecule has 2 heterocycles. The molecular weight excluding hydrogens is 423 g/mol. The zero-order chi connectivity index (χ0) is 21.3. The molecule has 1 atom stereocenters. The molecule has 7 heteroatoms. The first kappa shape index (κ1) is 21.2. The van der Waals surface area contributed by atoms with E-state index in [9.17, 15) is 14.7 Å². The van der Waals surface area contributed by atoms with Crippen molar-refractivity contribution in [3.8, 4) is 5.75 Å². The van der Waals surface area contributed by atoms with Crippen LogP contribution in [0.2, 0.25) is 10.0 Å². The highest BCUT2D eigenvalue weighted by molar-refractivity contribution is 6.42. The summed E-state index contributed by atoms with van der Waals surface area (Å²) in [6, 6.07) is 9.98. The van der Waals surface area contributed by atoms with Crippen LogP contribution in [-0.4, -0.2) is 52.8 Å². The number of carbonyl (C=O) groups excluding carboxylic acids is 2. The Morgan fingerprint density at radius 3 is 2.53 bits per heavy atom. The van der Waals surface area contributed by atoms with Crippen molar-refractivity contribution in [2.75, 3.05) is 26.2 Å². The van der Waals surface area contributed by atoms with Crippen LogP contribution in [0.15, 0.2) is 36.4 Å². The van der Waals surface area contributed by atoms with E-state index in [4.69, 9.17) is 23.2 Å². The number of carbonyl (C=O) groups is 2.